The normalized spacial score (nSPS) is 18.8. The molecule has 22 heavy (non-hydrogen) atoms. The number of carbonyl (C=O) groups excluding carboxylic acids is 1. The first kappa shape index (κ1) is 14.8. The van der Waals surface area contributed by atoms with E-state index in [0.717, 1.165) is 48.8 Å². The molecule has 1 aromatic carbocycles. The maximum atomic E-state index is 12.2. The largest absolute Gasteiger partial charge is 0.341 e. The van der Waals surface area contributed by atoms with Crippen molar-refractivity contribution in [3.05, 3.63) is 34.2 Å². The van der Waals surface area contributed by atoms with Crippen LogP contribution in [-0.4, -0.2) is 39.9 Å². The zero-order chi connectivity index (χ0) is 15.5. The van der Waals surface area contributed by atoms with Gasteiger partial charge in [-0.15, -0.1) is 0 Å². The van der Waals surface area contributed by atoms with Gasteiger partial charge in [-0.3, -0.25) is 4.79 Å². The molecule has 0 saturated carbocycles. The van der Waals surface area contributed by atoms with Gasteiger partial charge in [0.25, 0.3) is 0 Å². The van der Waals surface area contributed by atoms with E-state index in [1.54, 1.807) is 0 Å². The summed E-state index contributed by atoms with van der Waals surface area (Å²) in [5.74, 6) is 0.200. The van der Waals surface area contributed by atoms with E-state index in [1.807, 2.05) is 23.1 Å². The molecule has 6 nitrogen and oxygen atoms in total. The third-order valence-electron chi connectivity index (χ3n) is 4.25. The summed E-state index contributed by atoms with van der Waals surface area (Å²) in [6.07, 6.45) is 4.21. The van der Waals surface area contributed by atoms with Gasteiger partial charge in [0, 0.05) is 25.6 Å². The molecule has 1 amide bonds. The lowest BCUT2D eigenvalue weighted by molar-refractivity contribution is -0.132. The summed E-state index contributed by atoms with van der Waals surface area (Å²) in [7, 11) is 0. The van der Waals surface area contributed by atoms with E-state index < -0.39 is 0 Å². The van der Waals surface area contributed by atoms with Crippen LogP contribution < -0.4 is 11.4 Å². The summed E-state index contributed by atoms with van der Waals surface area (Å²) in [6, 6.07) is 5.99. The Kier molecular flexibility index (Phi) is 4.29. The van der Waals surface area contributed by atoms with E-state index in [4.69, 9.17) is 5.73 Å². The van der Waals surface area contributed by atoms with Gasteiger partial charge in [-0.1, -0.05) is 6.07 Å². The summed E-state index contributed by atoms with van der Waals surface area (Å²) in [5, 5.41) is 0. The molecule has 0 spiro atoms. The number of carbonyl (C=O) groups is 1. The molecule has 1 aromatic heterocycles. The lowest BCUT2D eigenvalue weighted by Gasteiger charge is -2.30. The number of hydrogen-bond donors (Lipinski definition) is 3. The van der Waals surface area contributed by atoms with Crippen LogP contribution >= 0.6 is 0 Å². The van der Waals surface area contributed by atoms with Crippen LogP contribution in [0.5, 0.6) is 0 Å². The molecule has 1 unspecified atom stereocenters. The monoisotopic (exact) mass is 302 g/mol. The van der Waals surface area contributed by atoms with E-state index >= 15 is 0 Å². The van der Waals surface area contributed by atoms with Crippen LogP contribution in [0, 0.1) is 0 Å². The second-order valence-corrected chi connectivity index (χ2v) is 6.05. The Bertz CT molecular complexity index is 718. The fraction of sp³-hybridized carbons (Fsp3) is 0.500. The number of nitrogens with two attached hydrogens (primary N) is 1. The number of piperidine rings is 1. The zero-order valence-electron chi connectivity index (χ0n) is 12.6. The molecule has 1 fully saturated rings. The van der Waals surface area contributed by atoms with Crippen molar-refractivity contribution >= 4 is 16.9 Å². The second kappa shape index (κ2) is 6.36. The minimum absolute atomic E-state index is 0.130. The second-order valence-electron chi connectivity index (χ2n) is 6.05. The molecule has 2 heterocycles. The number of fused-ring (bicyclic) bond motifs is 1. The molecule has 1 saturated heterocycles. The number of aromatic nitrogens is 2. The number of aromatic amines is 2. The summed E-state index contributed by atoms with van der Waals surface area (Å²) in [5.41, 5.74) is 8.48. The van der Waals surface area contributed by atoms with Crippen molar-refractivity contribution in [3.63, 3.8) is 0 Å². The number of benzene rings is 1. The molecular weight excluding hydrogens is 280 g/mol. The van der Waals surface area contributed by atoms with Crippen LogP contribution in [-0.2, 0) is 11.2 Å². The Balaban J connectivity index is 1.53. The van der Waals surface area contributed by atoms with E-state index in [-0.39, 0.29) is 17.6 Å². The van der Waals surface area contributed by atoms with Crippen LogP contribution in [0.15, 0.2) is 23.0 Å². The molecule has 3 rings (SSSR count). The van der Waals surface area contributed by atoms with Crippen molar-refractivity contribution in [2.24, 2.45) is 5.73 Å². The fourth-order valence-corrected chi connectivity index (χ4v) is 3.07. The molecule has 0 aliphatic carbocycles. The van der Waals surface area contributed by atoms with Gasteiger partial charge in [0.15, 0.2) is 0 Å². The van der Waals surface area contributed by atoms with Crippen molar-refractivity contribution in [1.29, 1.82) is 0 Å². The van der Waals surface area contributed by atoms with Crippen LogP contribution in [0.1, 0.15) is 31.2 Å². The predicted octanol–water partition coefficient (Wildman–Crippen LogP) is 1.13. The maximum Gasteiger partial charge on any atom is 0.323 e. The minimum atomic E-state index is -0.191. The number of hydrogen-bond acceptors (Lipinski definition) is 3. The van der Waals surface area contributed by atoms with Gasteiger partial charge in [0.1, 0.15) is 0 Å². The molecule has 1 atom stereocenters. The number of likely N-dealkylation sites (tertiary alicyclic amines) is 1. The van der Waals surface area contributed by atoms with Crippen molar-refractivity contribution in [1.82, 2.24) is 14.9 Å². The summed E-state index contributed by atoms with van der Waals surface area (Å²) in [4.78, 5) is 30.8. The fourth-order valence-electron chi connectivity index (χ4n) is 3.07. The minimum Gasteiger partial charge on any atom is -0.341 e. The Morgan fingerprint density at radius 2 is 2.14 bits per heavy atom. The quantitative estimate of drug-likeness (QED) is 0.790. The van der Waals surface area contributed by atoms with E-state index in [0.29, 0.717) is 13.0 Å². The first-order chi connectivity index (χ1) is 10.6. The summed E-state index contributed by atoms with van der Waals surface area (Å²) >= 11 is 0. The van der Waals surface area contributed by atoms with Crippen molar-refractivity contribution in [2.75, 3.05) is 13.1 Å². The molecule has 0 radical (unpaired) electrons. The Hall–Kier alpha value is -2.08. The average Bonchev–Trinajstić information content (AvgIpc) is 2.86. The van der Waals surface area contributed by atoms with Crippen LogP contribution in [0.25, 0.3) is 11.0 Å². The first-order valence-electron chi connectivity index (χ1n) is 7.86. The van der Waals surface area contributed by atoms with Crippen LogP contribution in [0.4, 0.5) is 0 Å². The third-order valence-corrected chi connectivity index (χ3v) is 4.25. The highest BCUT2D eigenvalue weighted by Crippen LogP contribution is 2.14. The highest BCUT2D eigenvalue weighted by Gasteiger charge is 2.20. The van der Waals surface area contributed by atoms with Gasteiger partial charge in [-0.05, 0) is 43.4 Å². The average molecular weight is 302 g/mol. The predicted molar refractivity (Wildman–Crippen MR) is 85.6 cm³/mol. The van der Waals surface area contributed by atoms with Gasteiger partial charge in [0.2, 0.25) is 5.91 Å². The van der Waals surface area contributed by atoms with Gasteiger partial charge in [-0.25, -0.2) is 4.79 Å². The highest BCUT2D eigenvalue weighted by molar-refractivity contribution is 5.76. The molecule has 1 aliphatic heterocycles. The topological polar surface area (TPSA) is 95.0 Å². The highest BCUT2D eigenvalue weighted by atomic mass is 16.2. The van der Waals surface area contributed by atoms with Crippen LogP contribution in [0.3, 0.4) is 0 Å². The molecule has 1 aliphatic rings. The lowest BCUT2D eigenvalue weighted by atomic mass is 10.0. The van der Waals surface area contributed by atoms with E-state index in [1.165, 1.54) is 0 Å². The number of nitrogens with one attached hydrogen (secondary N) is 2. The Morgan fingerprint density at radius 1 is 1.32 bits per heavy atom. The van der Waals surface area contributed by atoms with Crippen molar-refractivity contribution in [3.8, 4) is 0 Å². The van der Waals surface area contributed by atoms with Gasteiger partial charge < -0.3 is 20.6 Å². The number of amides is 1. The molecule has 2 aromatic rings. The lowest BCUT2D eigenvalue weighted by Crippen LogP contribution is -2.45. The maximum absolute atomic E-state index is 12.2. The SMILES string of the molecule is NC1CCCN(C(=O)CCCc2ccc3[nH]c(=O)[nH]c3c2)C1. The van der Waals surface area contributed by atoms with Crippen molar-refractivity contribution < 1.29 is 4.79 Å². The number of H-pyrrole nitrogens is 2. The molecular formula is C16H22N4O2. The zero-order valence-corrected chi connectivity index (χ0v) is 12.6. The smallest absolute Gasteiger partial charge is 0.323 e. The first-order valence-corrected chi connectivity index (χ1v) is 7.86. The number of aryl methyl sites for hydroxylation is 1. The number of nitrogens with zero attached hydrogens (tertiary/aromatic N) is 1. The summed E-state index contributed by atoms with van der Waals surface area (Å²) < 4.78 is 0. The number of rotatable bonds is 4. The summed E-state index contributed by atoms with van der Waals surface area (Å²) in [6.45, 7) is 1.53. The van der Waals surface area contributed by atoms with E-state index in [2.05, 4.69) is 9.97 Å². The molecule has 6 heteroatoms. The number of imidazole rings is 1. The standard InChI is InChI=1S/C16H22N4O2/c17-12-4-2-8-20(10-12)15(21)5-1-3-11-6-7-13-14(9-11)19-16(22)18-13/h6-7,9,12H,1-5,8,10,17H2,(H2,18,19,22). The van der Waals surface area contributed by atoms with Gasteiger partial charge >= 0.3 is 5.69 Å². The molecule has 4 N–H and O–H groups in total. The van der Waals surface area contributed by atoms with Gasteiger partial charge in [-0.2, -0.15) is 0 Å². The molecule has 0 bridgehead atoms. The Morgan fingerprint density at radius 3 is 2.95 bits per heavy atom. The Labute approximate surface area is 128 Å². The third kappa shape index (κ3) is 3.39. The molecule has 118 valence electrons. The van der Waals surface area contributed by atoms with E-state index in [9.17, 15) is 9.59 Å². The van der Waals surface area contributed by atoms with Crippen molar-refractivity contribution in [2.45, 2.75) is 38.1 Å². The van der Waals surface area contributed by atoms with Crippen LogP contribution in [0.2, 0.25) is 0 Å². The van der Waals surface area contributed by atoms with Gasteiger partial charge in [0.05, 0.1) is 11.0 Å².